The maximum Gasteiger partial charge on any atom is 0.407 e. The molecule has 0 saturated heterocycles. The van der Waals surface area contributed by atoms with Crippen molar-refractivity contribution in [1.82, 2.24) is 0 Å². The number of anilines is 1. The number of benzene rings is 1. The lowest BCUT2D eigenvalue weighted by molar-refractivity contribution is -0.149. The average Bonchev–Trinajstić information content (AvgIpc) is 2.06. The van der Waals surface area contributed by atoms with Crippen LogP contribution in [0.4, 0.5) is 18.9 Å². The molecule has 0 radical (unpaired) electrons. The van der Waals surface area contributed by atoms with E-state index in [1.54, 1.807) is 0 Å². The third-order valence-electron chi connectivity index (χ3n) is 1.76. The van der Waals surface area contributed by atoms with Crippen molar-refractivity contribution in [2.45, 2.75) is 12.2 Å². The Bertz CT molecular complexity index is 338. The SMILES string of the molecule is Nc1ccc(O)cc1C(N)C(F)(F)F. The van der Waals surface area contributed by atoms with Gasteiger partial charge in [-0.25, -0.2) is 0 Å². The number of alkyl halides is 3. The maximum atomic E-state index is 12.2. The molecule has 1 aromatic rings. The average molecular weight is 206 g/mol. The molecule has 0 fully saturated rings. The number of phenols is 1. The van der Waals surface area contributed by atoms with Gasteiger partial charge in [0.15, 0.2) is 0 Å². The molecule has 0 bridgehead atoms. The van der Waals surface area contributed by atoms with Crippen LogP contribution in [0.1, 0.15) is 11.6 Å². The number of aromatic hydroxyl groups is 1. The van der Waals surface area contributed by atoms with Crippen molar-refractivity contribution in [3.8, 4) is 5.75 Å². The lowest BCUT2D eigenvalue weighted by Crippen LogP contribution is -2.29. The zero-order valence-corrected chi connectivity index (χ0v) is 7.05. The van der Waals surface area contributed by atoms with Crippen molar-refractivity contribution in [1.29, 1.82) is 0 Å². The molecule has 3 nitrogen and oxygen atoms in total. The number of nitrogen functional groups attached to an aromatic ring is 1. The lowest BCUT2D eigenvalue weighted by atomic mass is 10.1. The summed E-state index contributed by atoms with van der Waals surface area (Å²) in [6, 6.07) is 1.11. The van der Waals surface area contributed by atoms with Crippen LogP contribution in [0.3, 0.4) is 0 Å². The Morgan fingerprint density at radius 3 is 2.36 bits per heavy atom. The van der Waals surface area contributed by atoms with Gasteiger partial charge in [-0.3, -0.25) is 0 Å². The molecular formula is C8H9F3N2O. The minimum Gasteiger partial charge on any atom is -0.508 e. The molecule has 1 rings (SSSR count). The molecule has 0 spiro atoms. The highest BCUT2D eigenvalue weighted by Gasteiger charge is 2.38. The zero-order valence-electron chi connectivity index (χ0n) is 7.05. The molecule has 0 aliphatic rings. The van der Waals surface area contributed by atoms with Gasteiger partial charge in [-0.15, -0.1) is 0 Å². The monoisotopic (exact) mass is 206 g/mol. The molecule has 1 unspecified atom stereocenters. The third-order valence-corrected chi connectivity index (χ3v) is 1.76. The Kier molecular flexibility index (Phi) is 2.57. The molecule has 0 amide bonds. The first-order valence-corrected chi connectivity index (χ1v) is 3.73. The molecule has 1 atom stereocenters. The summed E-state index contributed by atoms with van der Waals surface area (Å²) >= 11 is 0. The minimum absolute atomic E-state index is 0.0902. The Morgan fingerprint density at radius 1 is 1.29 bits per heavy atom. The summed E-state index contributed by atoms with van der Waals surface area (Å²) in [5, 5.41) is 8.97. The Morgan fingerprint density at radius 2 is 1.86 bits per heavy atom. The second-order valence-corrected chi connectivity index (χ2v) is 2.83. The molecule has 0 aliphatic heterocycles. The summed E-state index contributed by atoms with van der Waals surface area (Å²) in [5.74, 6) is -0.297. The topological polar surface area (TPSA) is 72.3 Å². The van der Waals surface area contributed by atoms with Crippen molar-refractivity contribution in [2.75, 3.05) is 5.73 Å². The number of rotatable bonds is 1. The van der Waals surface area contributed by atoms with Crippen molar-refractivity contribution in [3.05, 3.63) is 23.8 Å². The van der Waals surface area contributed by atoms with Crippen molar-refractivity contribution in [3.63, 3.8) is 0 Å². The molecule has 78 valence electrons. The van der Waals surface area contributed by atoms with E-state index in [0.29, 0.717) is 0 Å². The van der Waals surface area contributed by atoms with E-state index in [2.05, 4.69) is 0 Å². The highest BCUT2D eigenvalue weighted by molar-refractivity contribution is 5.52. The van der Waals surface area contributed by atoms with Crippen molar-refractivity contribution < 1.29 is 18.3 Å². The summed E-state index contributed by atoms with van der Waals surface area (Å²) in [4.78, 5) is 0. The Labute approximate surface area is 78.1 Å². The van der Waals surface area contributed by atoms with Crippen LogP contribution in [0.5, 0.6) is 5.75 Å². The molecular weight excluding hydrogens is 197 g/mol. The predicted molar refractivity (Wildman–Crippen MR) is 45.5 cm³/mol. The fourth-order valence-corrected chi connectivity index (χ4v) is 1.01. The summed E-state index contributed by atoms with van der Waals surface area (Å²) in [6.45, 7) is 0. The molecule has 6 heteroatoms. The first-order valence-electron chi connectivity index (χ1n) is 3.73. The van der Waals surface area contributed by atoms with Gasteiger partial charge in [-0.1, -0.05) is 0 Å². The van der Waals surface area contributed by atoms with Gasteiger partial charge in [0.1, 0.15) is 11.8 Å². The Balaban J connectivity index is 3.12. The largest absolute Gasteiger partial charge is 0.508 e. The van der Waals surface area contributed by atoms with Gasteiger partial charge in [0.05, 0.1) is 0 Å². The van der Waals surface area contributed by atoms with Crippen LogP contribution < -0.4 is 11.5 Å². The van der Waals surface area contributed by atoms with E-state index in [1.165, 1.54) is 12.1 Å². The van der Waals surface area contributed by atoms with Crippen LogP contribution in [0.25, 0.3) is 0 Å². The second-order valence-electron chi connectivity index (χ2n) is 2.83. The van der Waals surface area contributed by atoms with Gasteiger partial charge in [0.25, 0.3) is 0 Å². The number of nitrogens with two attached hydrogens (primary N) is 2. The zero-order chi connectivity index (χ0) is 10.9. The van der Waals surface area contributed by atoms with Gasteiger partial charge in [0, 0.05) is 11.3 Å². The molecule has 5 N–H and O–H groups in total. The third kappa shape index (κ3) is 2.08. The summed E-state index contributed by atoms with van der Waals surface area (Å²) in [7, 11) is 0. The fourth-order valence-electron chi connectivity index (χ4n) is 1.01. The van der Waals surface area contributed by atoms with Crippen LogP contribution >= 0.6 is 0 Å². The number of hydrogen-bond acceptors (Lipinski definition) is 3. The molecule has 0 aromatic heterocycles. The molecule has 14 heavy (non-hydrogen) atoms. The number of halogens is 3. The van der Waals surface area contributed by atoms with E-state index in [1.807, 2.05) is 0 Å². The second kappa shape index (κ2) is 3.38. The summed E-state index contributed by atoms with van der Waals surface area (Å²) in [6.07, 6.45) is -4.57. The summed E-state index contributed by atoms with van der Waals surface area (Å²) in [5.41, 5.74) is 9.81. The van der Waals surface area contributed by atoms with Crippen molar-refractivity contribution in [2.24, 2.45) is 5.73 Å². The van der Waals surface area contributed by atoms with Crippen molar-refractivity contribution >= 4 is 5.69 Å². The number of hydrogen-bond donors (Lipinski definition) is 3. The first-order chi connectivity index (χ1) is 6.32. The quantitative estimate of drug-likeness (QED) is 0.482. The van der Waals surface area contributed by atoms with E-state index in [-0.39, 0.29) is 17.0 Å². The van der Waals surface area contributed by atoms with Gasteiger partial charge in [0.2, 0.25) is 0 Å². The molecule has 1 aromatic carbocycles. The van der Waals surface area contributed by atoms with Crippen LogP contribution in [0, 0.1) is 0 Å². The molecule has 0 saturated carbocycles. The van der Waals surface area contributed by atoms with Gasteiger partial charge >= 0.3 is 6.18 Å². The van der Waals surface area contributed by atoms with E-state index in [4.69, 9.17) is 16.6 Å². The van der Waals surface area contributed by atoms with Gasteiger partial charge < -0.3 is 16.6 Å². The van der Waals surface area contributed by atoms with E-state index >= 15 is 0 Å². The van der Waals surface area contributed by atoms with Crippen LogP contribution in [-0.2, 0) is 0 Å². The molecule has 0 heterocycles. The van der Waals surface area contributed by atoms with Crippen LogP contribution in [-0.4, -0.2) is 11.3 Å². The highest BCUT2D eigenvalue weighted by atomic mass is 19.4. The minimum atomic E-state index is -4.57. The summed E-state index contributed by atoms with van der Waals surface area (Å²) < 4.78 is 36.6. The predicted octanol–water partition coefficient (Wildman–Crippen LogP) is 1.54. The van der Waals surface area contributed by atoms with E-state index in [0.717, 1.165) is 6.07 Å². The highest BCUT2D eigenvalue weighted by Crippen LogP contribution is 2.34. The molecule has 0 aliphatic carbocycles. The van der Waals surface area contributed by atoms with Crippen LogP contribution in [0.2, 0.25) is 0 Å². The lowest BCUT2D eigenvalue weighted by Gasteiger charge is -2.17. The van der Waals surface area contributed by atoms with Crippen LogP contribution in [0.15, 0.2) is 18.2 Å². The van der Waals surface area contributed by atoms with E-state index < -0.39 is 12.2 Å². The first kappa shape index (κ1) is 10.6. The van der Waals surface area contributed by atoms with E-state index in [9.17, 15) is 13.2 Å². The van der Waals surface area contributed by atoms with Gasteiger partial charge in [-0.05, 0) is 18.2 Å². The standard InChI is InChI=1S/C8H9F3N2O/c9-8(10,11)7(13)5-3-4(14)1-2-6(5)12/h1-3,7,14H,12-13H2. The fraction of sp³-hybridized carbons (Fsp3) is 0.250. The Hall–Kier alpha value is -1.43. The van der Waals surface area contributed by atoms with Gasteiger partial charge in [-0.2, -0.15) is 13.2 Å². The maximum absolute atomic E-state index is 12.2. The smallest absolute Gasteiger partial charge is 0.407 e. The normalized spacial score (nSPS) is 14.0. The number of phenolic OH excluding ortho intramolecular Hbond substituents is 1.